The van der Waals surface area contributed by atoms with Crippen molar-refractivity contribution < 1.29 is 9.53 Å². The Morgan fingerprint density at radius 2 is 2.19 bits per heavy atom. The third-order valence-corrected chi connectivity index (χ3v) is 4.24. The molecule has 2 heterocycles. The highest BCUT2D eigenvalue weighted by Gasteiger charge is 2.22. The van der Waals surface area contributed by atoms with Crippen molar-refractivity contribution >= 4 is 17.4 Å². The molecular formula is C15H21N3O2S. The van der Waals surface area contributed by atoms with Crippen LogP contribution in [0.5, 0.6) is 0 Å². The first-order valence-electron chi connectivity index (χ1n) is 7.14. The molecule has 0 spiro atoms. The predicted molar refractivity (Wildman–Crippen MR) is 84.1 cm³/mol. The average molecular weight is 307 g/mol. The zero-order valence-electron chi connectivity index (χ0n) is 12.3. The lowest BCUT2D eigenvalue weighted by atomic mass is 10.2. The van der Waals surface area contributed by atoms with Crippen LogP contribution in [-0.4, -0.2) is 55.2 Å². The van der Waals surface area contributed by atoms with Crippen LogP contribution in [0, 0.1) is 11.8 Å². The molecule has 1 saturated heterocycles. The second-order valence-corrected chi connectivity index (χ2v) is 5.73. The molecular weight excluding hydrogens is 286 g/mol. The lowest BCUT2D eigenvalue weighted by molar-refractivity contribution is 0.0781. The molecule has 0 atom stereocenters. The summed E-state index contributed by atoms with van der Waals surface area (Å²) >= 11 is 1.72. The van der Waals surface area contributed by atoms with Crippen LogP contribution in [0.3, 0.4) is 0 Å². The van der Waals surface area contributed by atoms with Gasteiger partial charge >= 0.3 is 6.09 Å². The molecule has 0 unspecified atom stereocenters. The highest BCUT2D eigenvalue weighted by molar-refractivity contribution is 7.10. The maximum Gasteiger partial charge on any atom is 0.409 e. The van der Waals surface area contributed by atoms with E-state index in [1.165, 1.54) is 4.88 Å². The van der Waals surface area contributed by atoms with Gasteiger partial charge in [0.1, 0.15) is 0 Å². The SMILES string of the molecule is CCOC(=O)N1CCN(Cc2sccc2C#CCN)CC1. The summed E-state index contributed by atoms with van der Waals surface area (Å²) in [5.41, 5.74) is 6.49. The molecule has 0 radical (unpaired) electrons. The molecule has 2 rings (SSSR count). The van der Waals surface area contributed by atoms with Crippen LogP contribution in [0.1, 0.15) is 17.4 Å². The van der Waals surface area contributed by atoms with E-state index in [1.54, 1.807) is 16.2 Å². The molecule has 0 bridgehead atoms. The molecule has 1 aliphatic heterocycles. The summed E-state index contributed by atoms with van der Waals surface area (Å²) in [6.45, 7) is 6.67. The van der Waals surface area contributed by atoms with Gasteiger partial charge in [-0.1, -0.05) is 11.8 Å². The van der Waals surface area contributed by atoms with Crippen LogP contribution in [0.4, 0.5) is 4.79 Å². The van der Waals surface area contributed by atoms with Gasteiger partial charge in [0.2, 0.25) is 0 Å². The summed E-state index contributed by atoms with van der Waals surface area (Å²) < 4.78 is 5.03. The molecule has 2 N–H and O–H groups in total. The third-order valence-electron chi connectivity index (χ3n) is 3.34. The van der Waals surface area contributed by atoms with Gasteiger partial charge in [0, 0.05) is 43.2 Å². The van der Waals surface area contributed by atoms with Crippen LogP contribution in [0.2, 0.25) is 0 Å². The fourth-order valence-electron chi connectivity index (χ4n) is 2.23. The quantitative estimate of drug-likeness (QED) is 0.856. The van der Waals surface area contributed by atoms with E-state index in [0.29, 0.717) is 26.2 Å². The first-order valence-corrected chi connectivity index (χ1v) is 8.02. The van der Waals surface area contributed by atoms with Gasteiger partial charge in [-0.15, -0.1) is 11.3 Å². The minimum absolute atomic E-state index is 0.206. The molecule has 0 aromatic carbocycles. The number of nitrogens with zero attached hydrogens (tertiary/aromatic N) is 2. The molecule has 1 aromatic heterocycles. The standard InChI is InChI=1S/C15H21N3O2S/c1-2-20-15(19)18-9-7-17(8-10-18)12-14-13(4-3-6-16)5-11-21-14/h5,11H,2,6-10,12,16H2,1H3. The predicted octanol–water partition coefficient (Wildman–Crippen LogP) is 1.33. The second kappa shape index (κ2) is 8.03. The van der Waals surface area contributed by atoms with Crippen molar-refractivity contribution in [3.05, 3.63) is 21.9 Å². The molecule has 114 valence electrons. The maximum atomic E-state index is 11.7. The Morgan fingerprint density at radius 1 is 1.43 bits per heavy atom. The van der Waals surface area contributed by atoms with Gasteiger partial charge in [-0.2, -0.15) is 0 Å². The topological polar surface area (TPSA) is 58.8 Å². The van der Waals surface area contributed by atoms with Crippen molar-refractivity contribution in [3.63, 3.8) is 0 Å². The monoisotopic (exact) mass is 307 g/mol. The number of thiophene rings is 1. The summed E-state index contributed by atoms with van der Waals surface area (Å²) in [4.78, 5) is 17.0. The Balaban J connectivity index is 1.86. The first kappa shape index (κ1) is 15.8. The fourth-order valence-corrected chi connectivity index (χ4v) is 3.10. The van der Waals surface area contributed by atoms with Gasteiger partial charge in [-0.3, -0.25) is 4.90 Å². The third kappa shape index (κ3) is 4.46. The van der Waals surface area contributed by atoms with E-state index in [9.17, 15) is 4.79 Å². The van der Waals surface area contributed by atoms with Gasteiger partial charge in [0.15, 0.2) is 0 Å². The lowest BCUT2D eigenvalue weighted by Gasteiger charge is -2.33. The van der Waals surface area contributed by atoms with E-state index < -0.39 is 0 Å². The van der Waals surface area contributed by atoms with Crippen molar-refractivity contribution in [2.75, 3.05) is 39.3 Å². The first-order chi connectivity index (χ1) is 10.2. The van der Waals surface area contributed by atoms with Crippen LogP contribution in [-0.2, 0) is 11.3 Å². The van der Waals surface area contributed by atoms with Crippen molar-refractivity contribution in [1.29, 1.82) is 0 Å². The van der Waals surface area contributed by atoms with Crippen molar-refractivity contribution in [2.24, 2.45) is 5.73 Å². The molecule has 0 aliphatic carbocycles. The van der Waals surface area contributed by atoms with E-state index >= 15 is 0 Å². The average Bonchev–Trinajstić information content (AvgIpc) is 2.93. The molecule has 21 heavy (non-hydrogen) atoms. The van der Waals surface area contributed by atoms with Gasteiger partial charge in [-0.25, -0.2) is 4.79 Å². The molecule has 5 nitrogen and oxygen atoms in total. The van der Waals surface area contributed by atoms with Gasteiger partial charge in [0.05, 0.1) is 13.2 Å². The highest BCUT2D eigenvalue weighted by atomic mass is 32.1. The van der Waals surface area contributed by atoms with E-state index in [4.69, 9.17) is 10.5 Å². The number of piperazine rings is 1. The zero-order chi connectivity index (χ0) is 15.1. The summed E-state index contributed by atoms with van der Waals surface area (Å²) in [7, 11) is 0. The zero-order valence-corrected chi connectivity index (χ0v) is 13.1. The lowest BCUT2D eigenvalue weighted by Crippen LogP contribution is -2.48. The summed E-state index contributed by atoms with van der Waals surface area (Å²) in [6.07, 6.45) is -0.206. The van der Waals surface area contributed by atoms with Gasteiger partial charge in [0.25, 0.3) is 0 Å². The number of carbonyl (C=O) groups is 1. The van der Waals surface area contributed by atoms with E-state index in [-0.39, 0.29) is 6.09 Å². The highest BCUT2D eigenvalue weighted by Crippen LogP contribution is 2.19. The molecule has 6 heteroatoms. The van der Waals surface area contributed by atoms with E-state index in [0.717, 1.165) is 25.2 Å². The van der Waals surface area contributed by atoms with Crippen LogP contribution >= 0.6 is 11.3 Å². The molecule has 0 saturated carbocycles. The van der Waals surface area contributed by atoms with Crippen molar-refractivity contribution in [2.45, 2.75) is 13.5 Å². The number of rotatable bonds is 3. The minimum atomic E-state index is -0.206. The Hall–Kier alpha value is -1.55. The summed E-state index contributed by atoms with van der Waals surface area (Å²) in [6, 6.07) is 2.04. The molecule has 1 aromatic rings. The van der Waals surface area contributed by atoms with Crippen LogP contribution in [0.15, 0.2) is 11.4 Å². The van der Waals surface area contributed by atoms with Crippen LogP contribution < -0.4 is 5.73 Å². The second-order valence-electron chi connectivity index (χ2n) is 4.73. The largest absolute Gasteiger partial charge is 0.450 e. The summed E-state index contributed by atoms with van der Waals surface area (Å²) in [5, 5.41) is 2.06. The van der Waals surface area contributed by atoms with Crippen molar-refractivity contribution in [3.8, 4) is 11.8 Å². The normalized spacial score (nSPS) is 15.4. The molecule has 1 fully saturated rings. The maximum absolute atomic E-state index is 11.7. The Morgan fingerprint density at radius 3 is 2.86 bits per heavy atom. The molecule has 1 amide bonds. The Labute approximate surface area is 129 Å². The van der Waals surface area contributed by atoms with E-state index in [1.807, 2.05) is 13.0 Å². The number of hydrogen-bond donors (Lipinski definition) is 1. The number of amides is 1. The van der Waals surface area contributed by atoms with Gasteiger partial charge < -0.3 is 15.4 Å². The number of nitrogens with two attached hydrogens (primary N) is 1. The Kier molecular flexibility index (Phi) is 6.05. The number of hydrogen-bond acceptors (Lipinski definition) is 5. The fraction of sp³-hybridized carbons (Fsp3) is 0.533. The minimum Gasteiger partial charge on any atom is -0.450 e. The number of ether oxygens (including phenoxy) is 1. The molecule has 1 aliphatic rings. The smallest absolute Gasteiger partial charge is 0.409 e. The van der Waals surface area contributed by atoms with Crippen LogP contribution in [0.25, 0.3) is 0 Å². The van der Waals surface area contributed by atoms with Crippen molar-refractivity contribution in [1.82, 2.24) is 9.80 Å². The summed E-state index contributed by atoms with van der Waals surface area (Å²) in [5.74, 6) is 6.01. The Bertz CT molecular complexity index is 525. The van der Waals surface area contributed by atoms with Gasteiger partial charge in [-0.05, 0) is 18.4 Å². The number of carbonyl (C=O) groups excluding carboxylic acids is 1. The van der Waals surface area contributed by atoms with E-state index in [2.05, 4.69) is 22.1 Å².